The third-order valence-electron chi connectivity index (χ3n) is 4.04. The number of rotatable bonds is 8. The predicted molar refractivity (Wildman–Crippen MR) is 101 cm³/mol. The molecule has 0 bridgehead atoms. The Hall–Kier alpha value is -2.99. The quantitative estimate of drug-likeness (QED) is 0.584. The van der Waals surface area contributed by atoms with Gasteiger partial charge in [-0.05, 0) is 36.2 Å². The van der Waals surface area contributed by atoms with E-state index in [2.05, 4.69) is 25.8 Å². The van der Waals surface area contributed by atoms with Crippen LogP contribution in [0.15, 0.2) is 55.0 Å². The Morgan fingerprint density at radius 1 is 1.15 bits per heavy atom. The van der Waals surface area contributed by atoms with Crippen molar-refractivity contribution in [2.24, 2.45) is 0 Å². The fourth-order valence-corrected chi connectivity index (χ4v) is 2.71. The minimum Gasteiger partial charge on any atom is -0.352 e. The number of nitrogens with one attached hydrogen (secondary N) is 3. The molecule has 0 radical (unpaired) electrons. The molecule has 0 spiro atoms. The van der Waals surface area contributed by atoms with Gasteiger partial charge in [0.05, 0.1) is 11.9 Å². The maximum absolute atomic E-state index is 12.1. The Balaban J connectivity index is 1.59. The summed E-state index contributed by atoms with van der Waals surface area (Å²) in [6, 6.07) is 11.6. The Kier molecular flexibility index (Phi) is 6.11. The van der Waals surface area contributed by atoms with Crippen molar-refractivity contribution >= 4 is 5.91 Å². The number of hydrogen-bond acceptors (Lipinski definition) is 4. The van der Waals surface area contributed by atoms with Crippen molar-refractivity contribution < 1.29 is 4.79 Å². The fourth-order valence-electron chi connectivity index (χ4n) is 2.71. The zero-order chi connectivity index (χ0) is 18.2. The van der Waals surface area contributed by atoms with Crippen LogP contribution in [0, 0.1) is 0 Å². The lowest BCUT2D eigenvalue weighted by atomic mass is 10.1. The maximum atomic E-state index is 12.1. The summed E-state index contributed by atoms with van der Waals surface area (Å²) in [4.78, 5) is 16.2. The first kappa shape index (κ1) is 17.8. The smallest absolute Gasteiger partial charge is 0.251 e. The molecule has 0 atom stereocenters. The predicted octanol–water partition coefficient (Wildman–Crippen LogP) is 2.90. The monoisotopic (exact) mass is 349 g/mol. The maximum Gasteiger partial charge on any atom is 0.251 e. The standard InChI is InChI=1S/C20H23N5O/c1-2-8-23-20(26)16-6-3-5-15(10-16)11-22-13-18-14-24-25-19(18)17-7-4-9-21-12-17/h3-7,9-10,12,14,22H,2,8,11,13H2,1H3,(H,23,26)(H,24,25). The van der Waals surface area contributed by atoms with Crippen molar-refractivity contribution in [2.45, 2.75) is 26.4 Å². The zero-order valence-corrected chi connectivity index (χ0v) is 14.8. The van der Waals surface area contributed by atoms with Gasteiger partial charge in [-0.15, -0.1) is 0 Å². The van der Waals surface area contributed by atoms with Crippen molar-refractivity contribution in [3.05, 3.63) is 71.7 Å². The first-order valence-electron chi connectivity index (χ1n) is 8.78. The Labute approximate surface area is 153 Å². The van der Waals surface area contributed by atoms with Gasteiger partial charge in [-0.1, -0.05) is 19.1 Å². The number of amides is 1. The molecule has 0 unspecified atom stereocenters. The summed E-state index contributed by atoms with van der Waals surface area (Å²) in [6.45, 7) is 4.08. The van der Waals surface area contributed by atoms with Gasteiger partial charge in [-0.25, -0.2) is 0 Å². The number of hydrogen-bond donors (Lipinski definition) is 3. The number of H-pyrrole nitrogens is 1. The van der Waals surface area contributed by atoms with Crippen molar-refractivity contribution in [2.75, 3.05) is 6.54 Å². The van der Waals surface area contributed by atoms with Crippen LogP contribution in [0.3, 0.4) is 0 Å². The molecule has 0 aliphatic heterocycles. The summed E-state index contributed by atoms with van der Waals surface area (Å²) in [7, 11) is 0. The lowest BCUT2D eigenvalue weighted by molar-refractivity contribution is 0.0953. The summed E-state index contributed by atoms with van der Waals surface area (Å²) in [5.74, 6) is -0.0256. The van der Waals surface area contributed by atoms with Crippen LogP contribution in [0.25, 0.3) is 11.3 Å². The Morgan fingerprint density at radius 2 is 2.08 bits per heavy atom. The van der Waals surface area contributed by atoms with E-state index >= 15 is 0 Å². The molecule has 2 aromatic heterocycles. The Morgan fingerprint density at radius 3 is 2.88 bits per heavy atom. The second-order valence-electron chi connectivity index (χ2n) is 6.07. The van der Waals surface area contributed by atoms with E-state index in [1.54, 1.807) is 6.20 Å². The number of nitrogens with zero attached hydrogens (tertiary/aromatic N) is 2. The first-order valence-corrected chi connectivity index (χ1v) is 8.78. The molecule has 3 N–H and O–H groups in total. The van der Waals surface area contributed by atoms with Crippen LogP contribution in [-0.2, 0) is 13.1 Å². The van der Waals surface area contributed by atoms with E-state index in [-0.39, 0.29) is 5.91 Å². The third-order valence-corrected chi connectivity index (χ3v) is 4.04. The van der Waals surface area contributed by atoms with Gasteiger partial charge in [0, 0.05) is 48.7 Å². The van der Waals surface area contributed by atoms with Crippen LogP contribution in [-0.4, -0.2) is 27.6 Å². The molecule has 2 heterocycles. The van der Waals surface area contributed by atoms with Crippen LogP contribution >= 0.6 is 0 Å². The van der Waals surface area contributed by atoms with Crippen molar-refractivity contribution in [3.8, 4) is 11.3 Å². The molecule has 0 aliphatic carbocycles. The molecule has 6 nitrogen and oxygen atoms in total. The van der Waals surface area contributed by atoms with Crippen molar-refractivity contribution in [3.63, 3.8) is 0 Å². The fraction of sp³-hybridized carbons (Fsp3) is 0.250. The van der Waals surface area contributed by atoms with Gasteiger partial charge in [0.15, 0.2) is 0 Å². The number of carbonyl (C=O) groups is 1. The molecule has 0 saturated carbocycles. The van der Waals surface area contributed by atoms with Gasteiger partial charge in [0.2, 0.25) is 0 Å². The number of pyridine rings is 1. The van der Waals surface area contributed by atoms with E-state index < -0.39 is 0 Å². The SMILES string of the molecule is CCCNC(=O)c1cccc(CNCc2cn[nH]c2-c2cccnc2)c1. The van der Waals surface area contributed by atoms with Gasteiger partial charge in [0.1, 0.15) is 0 Å². The molecule has 134 valence electrons. The summed E-state index contributed by atoms with van der Waals surface area (Å²) in [5, 5.41) is 13.5. The molecule has 0 fully saturated rings. The molecule has 26 heavy (non-hydrogen) atoms. The van der Waals surface area contributed by atoms with Gasteiger partial charge in [-0.2, -0.15) is 5.10 Å². The van der Waals surface area contributed by atoms with Crippen LogP contribution in [0.2, 0.25) is 0 Å². The van der Waals surface area contributed by atoms with E-state index in [1.165, 1.54) is 0 Å². The molecule has 3 rings (SSSR count). The normalized spacial score (nSPS) is 10.7. The average Bonchev–Trinajstić information content (AvgIpc) is 3.15. The summed E-state index contributed by atoms with van der Waals surface area (Å²) < 4.78 is 0. The van der Waals surface area contributed by atoms with Crippen molar-refractivity contribution in [1.29, 1.82) is 0 Å². The van der Waals surface area contributed by atoms with E-state index in [0.29, 0.717) is 25.2 Å². The Bertz CT molecular complexity index is 844. The van der Waals surface area contributed by atoms with Gasteiger partial charge in [-0.3, -0.25) is 14.9 Å². The molecule has 1 amide bonds. The molecule has 0 aliphatic rings. The number of carbonyl (C=O) groups excluding carboxylic acids is 1. The summed E-state index contributed by atoms with van der Waals surface area (Å²) in [6.07, 6.45) is 6.32. The second kappa shape index (κ2) is 8.92. The number of benzene rings is 1. The minimum absolute atomic E-state index is 0.0256. The van der Waals surface area contributed by atoms with Gasteiger partial charge < -0.3 is 10.6 Å². The zero-order valence-electron chi connectivity index (χ0n) is 14.8. The van der Waals surface area contributed by atoms with Crippen LogP contribution in [0.1, 0.15) is 34.8 Å². The molecular weight excluding hydrogens is 326 g/mol. The highest BCUT2D eigenvalue weighted by molar-refractivity contribution is 5.94. The average molecular weight is 349 g/mol. The van der Waals surface area contributed by atoms with E-state index in [9.17, 15) is 4.79 Å². The molecule has 3 aromatic rings. The van der Waals surface area contributed by atoms with Crippen molar-refractivity contribution in [1.82, 2.24) is 25.8 Å². The number of aromatic nitrogens is 3. The first-order chi connectivity index (χ1) is 12.8. The van der Waals surface area contributed by atoms with E-state index in [0.717, 1.165) is 28.8 Å². The lowest BCUT2D eigenvalue weighted by Gasteiger charge is -2.08. The largest absolute Gasteiger partial charge is 0.352 e. The number of aromatic amines is 1. The second-order valence-corrected chi connectivity index (χ2v) is 6.07. The van der Waals surface area contributed by atoms with Gasteiger partial charge >= 0.3 is 0 Å². The van der Waals surface area contributed by atoms with Gasteiger partial charge in [0.25, 0.3) is 5.91 Å². The summed E-state index contributed by atoms with van der Waals surface area (Å²) in [5.41, 5.74) is 4.82. The molecular formula is C20H23N5O. The molecule has 6 heteroatoms. The van der Waals surface area contributed by atoms with E-state index in [4.69, 9.17) is 0 Å². The van der Waals surface area contributed by atoms with Crippen LogP contribution in [0.5, 0.6) is 0 Å². The molecule has 1 aromatic carbocycles. The third kappa shape index (κ3) is 4.55. The van der Waals surface area contributed by atoms with Crippen LogP contribution < -0.4 is 10.6 Å². The van der Waals surface area contributed by atoms with Crippen LogP contribution in [0.4, 0.5) is 0 Å². The highest BCUT2D eigenvalue weighted by atomic mass is 16.1. The lowest BCUT2D eigenvalue weighted by Crippen LogP contribution is -2.24. The summed E-state index contributed by atoms with van der Waals surface area (Å²) >= 11 is 0. The highest BCUT2D eigenvalue weighted by Gasteiger charge is 2.08. The minimum atomic E-state index is -0.0256. The van der Waals surface area contributed by atoms with E-state index in [1.807, 2.05) is 55.7 Å². The topological polar surface area (TPSA) is 82.7 Å². The molecule has 0 saturated heterocycles. The highest BCUT2D eigenvalue weighted by Crippen LogP contribution is 2.19.